The van der Waals surface area contributed by atoms with Crippen molar-refractivity contribution in [3.8, 4) is 34.0 Å². The van der Waals surface area contributed by atoms with Crippen molar-refractivity contribution in [2.24, 2.45) is 0 Å². The zero-order valence-electron chi connectivity index (χ0n) is 30.5. The van der Waals surface area contributed by atoms with Crippen LogP contribution in [0.4, 0.5) is 11.4 Å². The Morgan fingerprint density at radius 1 is 0.491 bits per heavy atom. The lowest BCUT2D eigenvalue weighted by atomic mass is 10.0. The van der Waals surface area contributed by atoms with E-state index >= 15 is 0 Å². The molecule has 0 spiro atoms. The molecule has 0 saturated heterocycles. The largest absolute Gasteiger partial charge is 0.457 e. The van der Waals surface area contributed by atoms with Gasteiger partial charge in [0.2, 0.25) is 0 Å². The zero-order valence-corrected chi connectivity index (χ0v) is 30.5. The van der Waals surface area contributed by atoms with Gasteiger partial charge in [0, 0.05) is 33.3 Å². The third kappa shape index (κ3) is 7.68. The number of carbonyl (C=O) groups excluding carboxylic acids is 2. The van der Waals surface area contributed by atoms with Crippen molar-refractivity contribution in [3.63, 3.8) is 0 Å². The van der Waals surface area contributed by atoms with Crippen LogP contribution in [0.2, 0.25) is 0 Å². The van der Waals surface area contributed by atoms with Crippen LogP contribution < -0.4 is 15.4 Å². The van der Waals surface area contributed by atoms with Gasteiger partial charge < -0.3 is 15.4 Å². The number of hydrogen-bond acceptors (Lipinski definition) is 5. The SMILES string of the molecule is CCc1ccc(-c2cc(C(=O)Nc3ccc(Oc4ccc(NC(=O)c5cc(-c6ccc(CC)cc6)nc6ccccc56)cc4)cc3)c3ccccc3n2)cc1. The smallest absolute Gasteiger partial charge is 0.256 e. The van der Waals surface area contributed by atoms with Crippen molar-refractivity contribution in [2.45, 2.75) is 26.7 Å². The Kier molecular flexibility index (Phi) is 9.82. The van der Waals surface area contributed by atoms with Gasteiger partial charge in [-0.3, -0.25) is 9.59 Å². The first-order chi connectivity index (χ1) is 26.9. The maximum atomic E-state index is 13.7. The van der Waals surface area contributed by atoms with Crippen LogP contribution in [0.15, 0.2) is 158 Å². The van der Waals surface area contributed by atoms with Crippen LogP contribution in [0, 0.1) is 0 Å². The minimum absolute atomic E-state index is 0.224. The second-order valence-corrected chi connectivity index (χ2v) is 13.3. The summed E-state index contributed by atoms with van der Waals surface area (Å²) in [4.78, 5) is 37.0. The number of pyridine rings is 2. The summed E-state index contributed by atoms with van der Waals surface area (Å²) in [5.41, 5.74) is 9.77. The van der Waals surface area contributed by atoms with E-state index in [9.17, 15) is 9.59 Å². The number of benzene rings is 6. The summed E-state index contributed by atoms with van der Waals surface area (Å²) in [6.07, 6.45) is 1.91. The highest BCUT2D eigenvalue weighted by atomic mass is 16.5. The normalized spacial score (nSPS) is 11.0. The van der Waals surface area contributed by atoms with Crippen molar-refractivity contribution in [1.82, 2.24) is 9.97 Å². The number of aryl methyl sites for hydroxylation is 2. The minimum atomic E-state index is -0.224. The molecule has 0 radical (unpaired) electrons. The summed E-state index contributed by atoms with van der Waals surface area (Å²) in [5.74, 6) is 0.755. The third-order valence-corrected chi connectivity index (χ3v) is 9.70. The monoisotopic (exact) mass is 718 g/mol. The van der Waals surface area contributed by atoms with E-state index in [2.05, 4.69) is 48.7 Å². The molecule has 0 fully saturated rings. The first-order valence-electron chi connectivity index (χ1n) is 18.4. The van der Waals surface area contributed by atoms with Crippen LogP contribution in [-0.2, 0) is 12.8 Å². The lowest BCUT2D eigenvalue weighted by molar-refractivity contribution is 0.102. The fourth-order valence-corrected chi connectivity index (χ4v) is 6.59. The van der Waals surface area contributed by atoms with Gasteiger partial charge in [0.25, 0.3) is 11.8 Å². The molecular weight excluding hydrogens is 681 g/mol. The molecule has 0 atom stereocenters. The van der Waals surface area contributed by atoms with Gasteiger partial charge in [-0.25, -0.2) is 9.97 Å². The van der Waals surface area contributed by atoms with Crippen LogP contribution >= 0.6 is 0 Å². The number of ether oxygens (including phenoxy) is 1. The summed E-state index contributed by atoms with van der Waals surface area (Å²) in [6, 6.07) is 50.1. The predicted octanol–water partition coefficient (Wildman–Crippen LogP) is 11.5. The molecule has 6 aromatic carbocycles. The molecule has 7 nitrogen and oxygen atoms in total. The van der Waals surface area contributed by atoms with Crippen molar-refractivity contribution in [1.29, 1.82) is 0 Å². The van der Waals surface area contributed by atoms with Crippen molar-refractivity contribution in [3.05, 3.63) is 180 Å². The fraction of sp³-hybridized carbons (Fsp3) is 0.0833. The third-order valence-electron chi connectivity index (χ3n) is 9.70. The summed E-state index contributed by atoms with van der Waals surface area (Å²) in [5, 5.41) is 7.64. The Morgan fingerprint density at radius 2 is 0.873 bits per heavy atom. The predicted molar refractivity (Wildman–Crippen MR) is 222 cm³/mol. The molecule has 0 saturated carbocycles. The van der Waals surface area contributed by atoms with Crippen LogP contribution in [0.3, 0.4) is 0 Å². The number of para-hydroxylation sites is 2. The number of rotatable bonds is 10. The Hall–Kier alpha value is -7.12. The van der Waals surface area contributed by atoms with Gasteiger partial charge in [-0.05, 0) is 96.8 Å². The number of amides is 2. The number of fused-ring (bicyclic) bond motifs is 2. The summed E-state index contributed by atoms with van der Waals surface area (Å²) in [6.45, 7) is 4.25. The number of carbonyl (C=O) groups is 2. The Balaban J connectivity index is 0.943. The summed E-state index contributed by atoms with van der Waals surface area (Å²) < 4.78 is 6.10. The van der Waals surface area contributed by atoms with Gasteiger partial charge in [-0.2, -0.15) is 0 Å². The number of nitrogens with zero attached hydrogens (tertiary/aromatic N) is 2. The number of aromatic nitrogens is 2. The van der Waals surface area contributed by atoms with Gasteiger partial charge in [0.05, 0.1) is 33.5 Å². The Bertz CT molecular complexity index is 2470. The average Bonchev–Trinajstić information content (AvgIpc) is 3.24. The van der Waals surface area contributed by atoms with Gasteiger partial charge in [0.1, 0.15) is 11.5 Å². The van der Waals surface area contributed by atoms with E-state index in [1.807, 2.05) is 84.9 Å². The van der Waals surface area contributed by atoms with Gasteiger partial charge >= 0.3 is 0 Å². The standard InChI is InChI=1S/C48H38N4O3/c1-3-31-13-17-33(18-14-31)45-29-41(39-9-5-7-11-43(39)51-45)47(53)49-35-21-25-37(26-22-35)55-38-27-23-36(24-28-38)50-48(54)42-30-46(34-19-15-32(4-2)16-20-34)52-44-12-8-6-10-40(42)44/h5-30H,3-4H2,1-2H3,(H,49,53)(H,50,54). The van der Waals surface area contributed by atoms with Crippen LogP contribution in [0.5, 0.6) is 11.5 Å². The fourth-order valence-electron chi connectivity index (χ4n) is 6.59. The molecule has 8 aromatic rings. The van der Waals surface area contributed by atoms with Crippen molar-refractivity contribution >= 4 is 45.0 Å². The molecule has 55 heavy (non-hydrogen) atoms. The topological polar surface area (TPSA) is 93.2 Å². The summed E-state index contributed by atoms with van der Waals surface area (Å²) in [7, 11) is 0. The van der Waals surface area contributed by atoms with E-state index < -0.39 is 0 Å². The van der Waals surface area contributed by atoms with Gasteiger partial charge in [0.15, 0.2) is 0 Å². The Morgan fingerprint density at radius 3 is 1.25 bits per heavy atom. The van der Waals surface area contributed by atoms with E-state index in [0.29, 0.717) is 34.0 Å². The molecule has 0 bridgehead atoms. The van der Waals surface area contributed by atoms with Crippen LogP contribution in [-0.4, -0.2) is 21.8 Å². The zero-order chi connectivity index (χ0) is 37.7. The molecule has 268 valence electrons. The quantitative estimate of drug-likeness (QED) is 0.147. The molecule has 2 N–H and O–H groups in total. The molecule has 0 aliphatic carbocycles. The molecule has 0 unspecified atom stereocenters. The lowest BCUT2D eigenvalue weighted by Crippen LogP contribution is -2.13. The molecule has 0 aliphatic rings. The number of nitrogens with one attached hydrogen (secondary N) is 2. The molecule has 2 amide bonds. The van der Waals surface area contributed by atoms with E-state index in [1.165, 1.54) is 11.1 Å². The molecule has 0 aliphatic heterocycles. The molecule has 7 heteroatoms. The molecule has 8 rings (SSSR count). The number of anilines is 2. The maximum absolute atomic E-state index is 13.7. The van der Waals surface area contributed by atoms with Crippen LogP contribution in [0.1, 0.15) is 45.7 Å². The van der Waals surface area contributed by atoms with Crippen molar-refractivity contribution in [2.75, 3.05) is 10.6 Å². The average molecular weight is 719 g/mol. The molecule has 2 aromatic heterocycles. The van der Waals surface area contributed by atoms with Crippen molar-refractivity contribution < 1.29 is 14.3 Å². The van der Waals surface area contributed by atoms with E-state index in [1.54, 1.807) is 48.5 Å². The first-order valence-corrected chi connectivity index (χ1v) is 18.4. The van der Waals surface area contributed by atoms with Crippen LogP contribution in [0.25, 0.3) is 44.3 Å². The van der Waals surface area contributed by atoms with E-state index in [0.717, 1.165) is 57.2 Å². The highest BCUT2D eigenvalue weighted by Gasteiger charge is 2.16. The van der Waals surface area contributed by atoms with Gasteiger partial charge in [-0.1, -0.05) is 98.8 Å². The van der Waals surface area contributed by atoms with E-state index in [-0.39, 0.29) is 11.8 Å². The second-order valence-electron chi connectivity index (χ2n) is 13.3. The highest BCUT2D eigenvalue weighted by Crippen LogP contribution is 2.30. The van der Waals surface area contributed by atoms with Gasteiger partial charge in [-0.15, -0.1) is 0 Å². The first kappa shape index (κ1) is 34.9. The minimum Gasteiger partial charge on any atom is -0.457 e. The highest BCUT2D eigenvalue weighted by molar-refractivity contribution is 6.14. The molecular formula is C48H38N4O3. The second kappa shape index (κ2) is 15.5. The summed E-state index contributed by atoms with van der Waals surface area (Å²) >= 11 is 0. The Labute approximate surface area is 319 Å². The van der Waals surface area contributed by atoms with E-state index in [4.69, 9.17) is 14.7 Å². The lowest BCUT2D eigenvalue weighted by Gasteiger charge is -2.12. The maximum Gasteiger partial charge on any atom is 0.256 e. The molecule has 2 heterocycles. The number of hydrogen-bond donors (Lipinski definition) is 2.